The normalized spacial score (nSPS) is 9.87. The number of rotatable bonds is 6. The Kier molecular flexibility index (Phi) is 31.3. The van der Waals surface area contributed by atoms with Crippen molar-refractivity contribution in [2.75, 3.05) is 13.2 Å². The number of benzene rings is 4. The van der Waals surface area contributed by atoms with Crippen molar-refractivity contribution in [3.63, 3.8) is 0 Å². The number of halogens is 9. The van der Waals surface area contributed by atoms with E-state index in [1.54, 1.807) is 84.0 Å². The average molecular weight is 1220 g/mol. The van der Waals surface area contributed by atoms with Crippen LogP contribution in [0.25, 0.3) is 10.8 Å². The minimum Gasteiger partial charge on any atom is -0.457 e. The Hall–Kier alpha value is -4.95. The second-order valence-electron chi connectivity index (χ2n) is 14.5. The van der Waals surface area contributed by atoms with E-state index in [1.807, 2.05) is 0 Å². The summed E-state index contributed by atoms with van der Waals surface area (Å²) in [6.45, 7) is 13.7. The molecule has 0 amide bonds. The molecule has 0 aliphatic heterocycles. The monoisotopic (exact) mass is 1210 g/mol. The predicted octanol–water partition coefficient (Wildman–Crippen LogP) is 12.0. The van der Waals surface area contributed by atoms with Crippen molar-refractivity contribution in [1.29, 1.82) is 0 Å². The predicted molar refractivity (Wildman–Crippen MR) is 258 cm³/mol. The van der Waals surface area contributed by atoms with Crippen LogP contribution in [0.5, 0.6) is 0 Å². The number of ketones is 2. The lowest BCUT2D eigenvalue weighted by Crippen LogP contribution is -2.25. The van der Waals surface area contributed by atoms with Crippen LogP contribution in [0.15, 0.2) is 121 Å². The lowest BCUT2D eigenvalue weighted by atomic mass is 9.97. The first-order valence-corrected chi connectivity index (χ1v) is 22.1. The highest BCUT2D eigenvalue weighted by molar-refractivity contribution is 9.11. The third-order valence-corrected chi connectivity index (χ3v) is 10.1. The third kappa shape index (κ3) is 25.7. The van der Waals surface area contributed by atoms with E-state index in [2.05, 4.69) is 80.0 Å². The first-order valence-electron chi connectivity index (χ1n) is 18.6. The molecule has 67 heavy (non-hydrogen) atoms. The Balaban J connectivity index is 0. The Morgan fingerprint density at radius 2 is 1.16 bits per heavy atom. The number of pyridine rings is 1. The number of aromatic nitrogens is 1. The fourth-order valence-corrected chi connectivity index (χ4v) is 5.07. The fourth-order valence-electron chi connectivity index (χ4n) is 3.72. The maximum Gasteiger partial charge on any atom is 0.373 e. The van der Waals surface area contributed by atoms with Crippen LogP contribution in [0.3, 0.4) is 0 Å². The molecule has 0 saturated carbocycles. The maximum absolute atomic E-state index is 13.6. The van der Waals surface area contributed by atoms with E-state index in [0.29, 0.717) is 14.3 Å². The minimum atomic E-state index is -0.684. The van der Waals surface area contributed by atoms with Crippen molar-refractivity contribution in [3.8, 4) is 0 Å². The summed E-state index contributed by atoms with van der Waals surface area (Å²) in [7, 11) is 0. The molecule has 12 nitrogen and oxygen atoms in total. The lowest BCUT2D eigenvalue weighted by Gasteiger charge is -2.16. The zero-order valence-electron chi connectivity index (χ0n) is 36.7. The van der Waals surface area contributed by atoms with Gasteiger partial charge in [-0.15, -0.1) is 0 Å². The van der Waals surface area contributed by atoms with Crippen molar-refractivity contribution >= 4 is 121 Å². The molecule has 0 bridgehead atoms. The van der Waals surface area contributed by atoms with Crippen LogP contribution in [0.4, 0.5) is 17.6 Å². The van der Waals surface area contributed by atoms with E-state index in [-0.39, 0.29) is 54.1 Å². The highest BCUT2D eigenvalue weighted by Gasteiger charge is 2.25. The summed E-state index contributed by atoms with van der Waals surface area (Å²) in [5.41, 5.74) is -1.65. The van der Waals surface area contributed by atoms with E-state index in [0.717, 1.165) is 6.26 Å². The summed E-state index contributed by atoms with van der Waals surface area (Å²) in [5.74, 6) is -4.01. The molecular formula is C46H44Br4ClF4NO11. The molecule has 5 aromatic rings. The second kappa shape index (κ2) is 32.7. The standard InChI is InChI=1S/C13H14BrFO3.C9H5BrFNO.C8H6BrFO2.C6H4BrF.C5H9ClO.C4H6O2.CO2/c1-13(2,3)12(17)18-7-10(16)8-5-4-6-9(14)11(8)15;10-6-2-1-5-3-4-12-9(13)7(5)8(6)11;9-6-3-1-2-5(8(6)10)7(12)4-11;7-5-3-1-2-4-6(5)8;1-5(2,3)4(6)7;1-3-6-4(2)5;2-1-3/h4-6H,7H2,1-3H3;1-4H,(H,12,13);1-3,11H,4H2;1-4H;1-3H3;3H,1H2,2H3;. The SMILES string of the molecule is C=COC(C)=O.CC(C)(C)C(=O)Cl.CC(C)(C)C(=O)OCC(=O)c1cccc(Br)c1F.Fc1ccccc1Br.O=C(CO)c1cccc(Br)c1F.O=C=O.O=c1[nH]ccc2ccc(Br)c(F)c12. The van der Waals surface area contributed by atoms with E-state index in [4.69, 9.17) is 31.0 Å². The van der Waals surface area contributed by atoms with E-state index >= 15 is 0 Å². The smallest absolute Gasteiger partial charge is 0.373 e. The summed E-state index contributed by atoms with van der Waals surface area (Å²) >= 11 is 17.1. The van der Waals surface area contributed by atoms with Crippen LogP contribution in [0.1, 0.15) is 69.2 Å². The largest absolute Gasteiger partial charge is 0.457 e. The van der Waals surface area contributed by atoms with Gasteiger partial charge in [0.25, 0.3) is 5.56 Å². The van der Waals surface area contributed by atoms with Crippen LogP contribution >= 0.6 is 75.3 Å². The number of hydrogen-bond donors (Lipinski definition) is 2. The number of esters is 2. The van der Waals surface area contributed by atoms with E-state index in [1.165, 1.54) is 49.5 Å². The van der Waals surface area contributed by atoms with E-state index < -0.39 is 59.2 Å². The molecule has 4 aromatic carbocycles. The summed E-state index contributed by atoms with van der Waals surface area (Å²) < 4.78 is 62.6. The van der Waals surface area contributed by atoms with Gasteiger partial charge in [-0.1, -0.05) is 57.7 Å². The van der Waals surface area contributed by atoms with Crippen LogP contribution < -0.4 is 5.56 Å². The van der Waals surface area contributed by atoms with Gasteiger partial charge in [-0.3, -0.25) is 28.8 Å². The Labute approximate surface area is 422 Å². The first-order chi connectivity index (χ1) is 31.0. The van der Waals surface area contributed by atoms with Gasteiger partial charge in [0, 0.05) is 18.5 Å². The molecule has 21 heteroatoms. The van der Waals surface area contributed by atoms with Gasteiger partial charge in [0.1, 0.15) is 24.1 Å². The van der Waals surface area contributed by atoms with Gasteiger partial charge in [0.15, 0.2) is 18.2 Å². The average Bonchev–Trinajstić information content (AvgIpc) is 3.24. The maximum atomic E-state index is 13.6. The molecule has 2 N–H and O–H groups in total. The molecule has 0 radical (unpaired) electrons. The van der Waals surface area contributed by atoms with Crippen molar-refractivity contribution in [2.45, 2.75) is 48.5 Å². The molecule has 362 valence electrons. The van der Waals surface area contributed by atoms with Crippen LogP contribution in [-0.2, 0) is 33.4 Å². The van der Waals surface area contributed by atoms with Gasteiger partial charge >= 0.3 is 18.1 Å². The topological polar surface area (TPSA) is 191 Å². The summed E-state index contributed by atoms with van der Waals surface area (Å²) in [5, 5.41) is 8.88. The minimum absolute atomic E-state index is 0.0909. The Morgan fingerprint density at radius 3 is 1.54 bits per heavy atom. The number of Topliss-reactive ketones (excluding diaryl/α,β-unsaturated/α-hetero) is 2. The van der Waals surface area contributed by atoms with Crippen LogP contribution in [0, 0.1) is 34.1 Å². The summed E-state index contributed by atoms with van der Waals surface area (Å²) in [6, 6.07) is 20.2. The molecule has 0 aliphatic carbocycles. The quantitative estimate of drug-likeness (QED) is 0.0541. The van der Waals surface area contributed by atoms with Gasteiger partial charge in [0.2, 0.25) is 11.0 Å². The molecular weight excluding hydrogens is 1170 g/mol. The lowest BCUT2D eigenvalue weighted by molar-refractivity contribution is -0.191. The summed E-state index contributed by atoms with van der Waals surface area (Å²) in [4.78, 5) is 84.0. The Morgan fingerprint density at radius 1 is 0.716 bits per heavy atom. The van der Waals surface area contributed by atoms with Crippen molar-refractivity contribution < 1.29 is 65.7 Å². The Bertz CT molecular complexity index is 2540. The van der Waals surface area contributed by atoms with Crippen LogP contribution in [-0.4, -0.2) is 58.2 Å². The van der Waals surface area contributed by atoms with Gasteiger partial charge in [-0.2, -0.15) is 9.59 Å². The first kappa shape index (κ1) is 64.1. The highest BCUT2D eigenvalue weighted by atomic mass is 79.9. The molecule has 0 unspecified atom stereocenters. The molecule has 0 fully saturated rings. The number of nitrogens with one attached hydrogen (secondary N) is 1. The zero-order valence-corrected chi connectivity index (χ0v) is 43.8. The van der Waals surface area contributed by atoms with Gasteiger partial charge in [-0.05, 0) is 150 Å². The van der Waals surface area contributed by atoms with Crippen LogP contribution in [0.2, 0.25) is 0 Å². The number of carbonyl (C=O) groups excluding carboxylic acids is 7. The number of aliphatic hydroxyl groups excluding tert-OH is 1. The van der Waals surface area contributed by atoms with Crippen molar-refractivity contribution in [3.05, 3.63) is 161 Å². The van der Waals surface area contributed by atoms with Crippen molar-refractivity contribution in [1.82, 2.24) is 4.98 Å². The number of carbonyl (C=O) groups is 5. The molecule has 0 saturated heterocycles. The summed E-state index contributed by atoms with van der Waals surface area (Å²) in [6.07, 6.45) is 2.85. The molecule has 5 rings (SSSR count). The molecule has 0 aliphatic rings. The van der Waals surface area contributed by atoms with Crippen molar-refractivity contribution in [2.24, 2.45) is 10.8 Å². The van der Waals surface area contributed by atoms with Gasteiger partial charge in [0.05, 0.1) is 46.1 Å². The molecule has 0 spiro atoms. The molecule has 1 aromatic heterocycles. The number of H-pyrrole nitrogens is 1. The number of hydrogen-bond acceptors (Lipinski definition) is 11. The number of aliphatic hydroxyl groups is 1. The van der Waals surface area contributed by atoms with E-state index in [9.17, 15) is 46.3 Å². The fraction of sp³-hybridized carbons (Fsp3) is 0.239. The highest BCUT2D eigenvalue weighted by Crippen LogP contribution is 2.23. The molecule has 1 heterocycles. The second-order valence-corrected chi connectivity index (χ2v) is 18.2. The van der Waals surface area contributed by atoms with Gasteiger partial charge < -0.3 is 19.6 Å². The molecule has 0 atom stereocenters. The number of aromatic amines is 1. The number of fused-ring (bicyclic) bond motifs is 1. The van der Waals surface area contributed by atoms with Gasteiger partial charge in [-0.25, -0.2) is 17.6 Å². The third-order valence-electron chi connectivity index (χ3n) is 7.09. The zero-order chi connectivity index (χ0) is 52.2. The number of ether oxygens (including phenoxy) is 2.